The van der Waals surface area contributed by atoms with Gasteiger partial charge in [-0.2, -0.15) is 4.98 Å². The minimum Gasteiger partial charge on any atom is -0.504 e. The summed E-state index contributed by atoms with van der Waals surface area (Å²) in [5, 5.41) is 22.7. The smallest absolute Gasteiger partial charge is 0.258 e. The van der Waals surface area contributed by atoms with Crippen molar-refractivity contribution in [2.75, 3.05) is 6.26 Å². The van der Waals surface area contributed by atoms with Crippen molar-refractivity contribution in [3.05, 3.63) is 42.5 Å². The molecule has 0 aliphatic heterocycles. The molecule has 0 aliphatic rings. The summed E-state index contributed by atoms with van der Waals surface area (Å²) >= 11 is 1.66. The molecule has 1 aromatic heterocycles. The van der Waals surface area contributed by atoms with E-state index in [1.807, 2.05) is 30.5 Å². The summed E-state index contributed by atoms with van der Waals surface area (Å²) in [5.41, 5.74) is 1.40. The van der Waals surface area contributed by atoms with Gasteiger partial charge in [0.15, 0.2) is 11.5 Å². The van der Waals surface area contributed by atoms with Crippen molar-refractivity contribution in [2.24, 2.45) is 0 Å². The van der Waals surface area contributed by atoms with Crippen LogP contribution in [0.3, 0.4) is 0 Å². The molecule has 0 aliphatic carbocycles. The number of thioether (sulfide) groups is 1. The van der Waals surface area contributed by atoms with Crippen molar-refractivity contribution < 1.29 is 14.7 Å². The lowest BCUT2D eigenvalue weighted by Gasteiger charge is -1.98. The third kappa shape index (κ3) is 2.71. The zero-order chi connectivity index (χ0) is 14.8. The van der Waals surface area contributed by atoms with Crippen molar-refractivity contribution in [1.82, 2.24) is 10.1 Å². The molecule has 0 saturated carbocycles. The molecule has 3 rings (SSSR count). The largest absolute Gasteiger partial charge is 0.504 e. The number of aromatic hydroxyl groups is 2. The maximum atomic E-state index is 9.50. The summed E-state index contributed by atoms with van der Waals surface area (Å²) in [6.45, 7) is 0. The molecule has 0 bridgehead atoms. The van der Waals surface area contributed by atoms with E-state index in [2.05, 4.69) is 10.1 Å². The minimum atomic E-state index is -0.225. The van der Waals surface area contributed by atoms with Crippen molar-refractivity contribution in [2.45, 2.75) is 4.90 Å². The quantitative estimate of drug-likeness (QED) is 0.569. The summed E-state index contributed by atoms with van der Waals surface area (Å²) in [6.07, 6.45) is 2.01. The number of benzene rings is 2. The normalized spacial score (nSPS) is 10.7. The fraction of sp³-hybridized carbons (Fsp3) is 0.0667. The van der Waals surface area contributed by atoms with Crippen LogP contribution in [0.25, 0.3) is 22.8 Å². The van der Waals surface area contributed by atoms with Crippen LogP contribution in [0.4, 0.5) is 0 Å². The number of phenolic OH excluding ortho intramolecular Hbond substituents is 2. The lowest BCUT2D eigenvalue weighted by molar-refractivity contribution is 0.402. The molecule has 21 heavy (non-hydrogen) atoms. The molecule has 1 heterocycles. The maximum absolute atomic E-state index is 9.50. The van der Waals surface area contributed by atoms with Crippen LogP contribution in [-0.2, 0) is 0 Å². The Labute approximate surface area is 125 Å². The van der Waals surface area contributed by atoms with E-state index in [1.165, 1.54) is 12.1 Å². The van der Waals surface area contributed by atoms with Crippen LogP contribution in [0.15, 0.2) is 51.9 Å². The Hall–Kier alpha value is -2.47. The fourth-order valence-electron chi connectivity index (χ4n) is 1.85. The van der Waals surface area contributed by atoms with Crippen LogP contribution < -0.4 is 0 Å². The van der Waals surface area contributed by atoms with Crippen molar-refractivity contribution in [3.63, 3.8) is 0 Å². The second kappa shape index (κ2) is 5.49. The predicted octanol–water partition coefficient (Wildman–Crippen LogP) is 3.54. The highest BCUT2D eigenvalue weighted by molar-refractivity contribution is 7.98. The summed E-state index contributed by atoms with van der Waals surface area (Å²) in [4.78, 5) is 5.46. The molecule has 3 aromatic rings. The van der Waals surface area contributed by atoms with Gasteiger partial charge in [-0.25, -0.2) is 0 Å². The van der Waals surface area contributed by atoms with Crippen molar-refractivity contribution in [1.29, 1.82) is 0 Å². The molecule has 0 atom stereocenters. The molecule has 0 radical (unpaired) electrons. The van der Waals surface area contributed by atoms with Gasteiger partial charge < -0.3 is 14.7 Å². The van der Waals surface area contributed by atoms with Gasteiger partial charge in [-0.3, -0.25) is 0 Å². The van der Waals surface area contributed by atoms with E-state index >= 15 is 0 Å². The average Bonchev–Trinajstić information content (AvgIpc) is 3.00. The predicted molar refractivity (Wildman–Crippen MR) is 80.3 cm³/mol. The molecule has 106 valence electrons. The van der Waals surface area contributed by atoms with Gasteiger partial charge >= 0.3 is 0 Å². The van der Waals surface area contributed by atoms with E-state index in [0.29, 0.717) is 11.4 Å². The van der Waals surface area contributed by atoms with Crippen LogP contribution in [-0.4, -0.2) is 26.6 Å². The van der Waals surface area contributed by atoms with Gasteiger partial charge in [0.05, 0.1) is 0 Å². The Morgan fingerprint density at radius 2 is 1.67 bits per heavy atom. The zero-order valence-corrected chi connectivity index (χ0v) is 12.0. The van der Waals surface area contributed by atoms with Gasteiger partial charge in [0, 0.05) is 16.0 Å². The van der Waals surface area contributed by atoms with E-state index in [1.54, 1.807) is 17.8 Å². The number of phenols is 2. The first-order valence-corrected chi connectivity index (χ1v) is 7.40. The Morgan fingerprint density at radius 3 is 2.33 bits per heavy atom. The number of hydrogen-bond acceptors (Lipinski definition) is 6. The van der Waals surface area contributed by atoms with E-state index in [-0.39, 0.29) is 17.4 Å². The fourth-order valence-corrected chi connectivity index (χ4v) is 2.26. The Morgan fingerprint density at radius 1 is 0.952 bits per heavy atom. The number of aromatic nitrogens is 2. The first-order valence-electron chi connectivity index (χ1n) is 6.18. The van der Waals surface area contributed by atoms with Gasteiger partial charge in [-0.05, 0) is 48.7 Å². The highest BCUT2D eigenvalue weighted by atomic mass is 32.2. The van der Waals surface area contributed by atoms with Crippen molar-refractivity contribution in [3.8, 4) is 34.3 Å². The number of nitrogens with zero attached hydrogens (tertiary/aromatic N) is 2. The van der Waals surface area contributed by atoms with Gasteiger partial charge in [0.2, 0.25) is 5.82 Å². The molecule has 6 heteroatoms. The van der Waals surface area contributed by atoms with Crippen LogP contribution >= 0.6 is 11.8 Å². The topological polar surface area (TPSA) is 79.4 Å². The van der Waals surface area contributed by atoms with Gasteiger partial charge in [-0.1, -0.05) is 5.16 Å². The Bertz CT molecular complexity index is 769. The van der Waals surface area contributed by atoms with Crippen molar-refractivity contribution >= 4 is 11.8 Å². The third-order valence-corrected chi connectivity index (χ3v) is 3.74. The summed E-state index contributed by atoms with van der Waals surface area (Å²) < 4.78 is 5.20. The molecule has 5 nitrogen and oxygen atoms in total. The summed E-state index contributed by atoms with van der Waals surface area (Å²) in [7, 11) is 0. The maximum Gasteiger partial charge on any atom is 0.258 e. The molecule has 2 aromatic carbocycles. The van der Waals surface area contributed by atoms with E-state index in [9.17, 15) is 10.2 Å². The van der Waals surface area contributed by atoms with Crippen LogP contribution in [0.2, 0.25) is 0 Å². The molecule has 0 amide bonds. The van der Waals surface area contributed by atoms with Crippen LogP contribution in [0.5, 0.6) is 11.5 Å². The first kappa shape index (κ1) is 13.5. The first-order chi connectivity index (χ1) is 10.2. The Kier molecular flexibility index (Phi) is 3.53. The van der Waals surface area contributed by atoms with E-state index < -0.39 is 0 Å². The monoisotopic (exact) mass is 300 g/mol. The summed E-state index contributed by atoms with van der Waals surface area (Å²) in [5.74, 6) is 0.349. The molecular formula is C15H12N2O3S. The highest BCUT2D eigenvalue weighted by Gasteiger charge is 2.12. The number of rotatable bonds is 3. The van der Waals surface area contributed by atoms with E-state index in [0.717, 1.165) is 10.5 Å². The van der Waals surface area contributed by atoms with Gasteiger partial charge in [-0.15, -0.1) is 11.8 Å². The van der Waals surface area contributed by atoms with E-state index in [4.69, 9.17) is 4.52 Å². The van der Waals surface area contributed by atoms with Crippen LogP contribution in [0, 0.1) is 0 Å². The SMILES string of the molecule is CSc1ccc(-c2noc(-c3ccc(O)c(O)c3)n2)cc1. The minimum absolute atomic E-state index is 0.189. The standard InChI is InChI=1S/C15H12N2O3S/c1-21-11-5-2-9(3-6-11)14-16-15(20-17-14)10-4-7-12(18)13(19)8-10/h2-8,18-19H,1H3. The lowest BCUT2D eigenvalue weighted by Crippen LogP contribution is -1.81. The summed E-state index contributed by atoms with van der Waals surface area (Å²) in [6, 6.07) is 12.2. The number of hydrogen-bond donors (Lipinski definition) is 2. The molecule has 0 spiro atoms. The molecule has 0 fully saturated rings. The zero-order valence-electron chi connectivity index (χ0n) is 11.1. The molecule has 2 N–H and O–H groups in total. The lowest BCUT2D eigenvalue weighted by atomic mass is 10.2. The molecular weight excluding hydrogens is 288 g/mol. The van der Waals surface area contributed by atoms with Crippen LogP contribution in [0.1, 0.15) is 0 Å². The highest BCUT2D eigenvalue weighted by Crippen LogP contribution is 2.30. The molecule has 0 unspecified atom stereocenters. The Balaban J connectivity index is 1.93. The molecule has 0 saturated heterocycles. The van der Waals surface area contributed by atoms with Gasteiger partial charge in [0.25, 0.3) is 5.89 Å². The third-order valence-electron chi connectivity index (χ3n) is 3.00. The average molecular weight is 300 g/mol. The second-order valence-electron chi connectivity index (χ2n) is 4.36. The van der Waals surface area contributed by atoms with Gasteiger partial charge in [0.1, 0.15) is 0 Å². The second-order valence-corrected chi connectivity index (χ2v) is 5.23.